The normalized spacial score (nSPS) is 10.9. The summed E-state index contributed by atoms with van der Waals surface area (Å²) in [6, 6.07) is 4.36. The number of hydrogen-bond donors (Lipinski definition) is 5. The molecule has 9 nitrogen and oxygen atoms in total. The van der Waals surface area contributed by atoms with Crippen LogP contribution in [0.25, 0.3) is 11.0 Å². The maximum atomic E-state index is 12.6. The van der Waals surface area contributed by atoms with Crippen molar-refractivity contribution in [3.05, 3.63) is 50.9 Å². The van der Waals surface area contributed by atoms with Gasteiger partial charge < -0.3 is 21.1 Å². The van der Waals surface area contributed by atoms with Crippen molar-refractivity contribution in [1.82, 2.24) is 9.66 Å². The lowest BCUT2D eigenvalue weighted by Crippen LogP contribution is -2.25. The highest BCUT2D eigenvalue weighted by Gasteiger charge is 2.19. The fraction of sp³-hybridized carbons (Fsp3) is 0.211. The van der Waals surface area contributed by atoms with E-state index in [0.717, 1.165) is 11.1 Å². The van der Waals surface area contributed by atoms with E-state index in [2.05, 4.69) is 15.7 Å². The summed E-state index contributed by atoms with van der Waals surface area (Å²) in [5.74, 6) is -1.52. The number of imidazole rings is 1. The van der Waals surface area contributed by atoms with Crippen molar-refractivity contribution in [3.8, 4) is 0 Å². The van der Waals surface area contributed by atoms with Crippen molar-refractivity contribution >= 4 is 40.0 Å². The largest absolute Gasteiger partial charge is 0.478 e. The first kappa shape index (κ1) is 19.0. The van der Waals surface area contributed by atoms with E-state index in [1.54, 1.807) is 13.0 Å². The van der Waals surface area contributed by atoms with Gasteiger partial charge in [0.1, 0.15) is 0 Å². The highest BCUT2D eigenvalue weighted by Crippen LogP contribution is 2.30. The number of carboxylic acids is 1. The van der Waals surface area contributed by atoms with E-state index in [0.29, 0.717) is 28.0 Å². The first-order valence-corrected chi connectivity index (χ1v) is 8.53. The van der Waals surface area contributed by atoms with Crippen LogP contribution in [0.5, 0.6) is 0 Å². The summed E-state index contributed by atoms with van der Waals surface area (Å²) in [5.41, 5.74) is 13.2. The van der Waals surface area contributed by atoms with Crippen molar-refractivity contribution in [3.63, 3.8) is 0 Å². The molecule has 6 N–H and O–H groups in total. The lowest BCUT2D eigenvalue weighted by Gasteiger charge is -2.15. The molecular weight excluding hydrogens is 362 g/mol. The van der Waals surface area contributed by atoms with Crippen LogP contribution in [0, 0.1) is 20.8 Å². The summed E-state index contributed by atoms with van der Waals surface area (Å²) >= 11 is 0. The molecule has 0 aliphatic carbocycles. The minimum absolute atomic E-state index is 0.0954. The maximum absolute atomic E-state index is 12.6. The highest BCUT2D eigenvalue weighted by atomic mass is 16.4. The second-order valence-electron chi connectivity index (χ2n) is 6.64. The van der Waals surface area contributed by atoms with Crippen LogP contribution in [0.15, 0.2) is 23.0 Å². The molecule has 146 valence electrons. The van der Waals surface area contributed by atoms with Crippen LogP contribution in [0.2, 0.25) is 0 Å². The molecule has 1 amide bonds. The van der Waals surface area contributed by atoms with Gasteiger partial charge in [-0.15, -0.1) is 0 Å². The van der Waals surface area contributed by atoms with Gasteiger partial charge in [-0.2, -0.15) is 0 Å². The van der Waals surface area contributed by atoms with Crippen LogP contribution in [0.1, 0.15) is 34.0 Å². The SMILES string of the molecule is CC(=O)Nc1ccc(Nn2c(=O)[nH]c3c(C)c(C)c(N)c(C)c32)c(C(=O)O)c1. The summed E-state index contributed by atoms with van der Waals surface area (Å²) in [5, 5.41) is 12.1. The average molecular weight is 383 g/mol. The van der Waals surface area contributed by atoms with E-state index >= 15 is 0 Å². The number of nitrogens with one attached hydrogen (secondary N) is 3. The number of rotatable bonds is 4. The van der Waals surface area contributed by atoms with Crippen LogP contribution in [0.3, 0.4) is 0 Å². The number of nitrogens with zero attached hydrogens (tertiary/aromatic N) is 1. The van der Waals surface area contributed by atoms with Gasteiger partial charge in [0, 0.05) is 23.9 Å². The number of carbonyl (C=O) groups excluding carboxylic acids is 1. The number of nitrogens with two attached hydrogens (primary N) is 1. The van der Waals surface area contributed by atoms with Crippen molar-refractivity contribution in [2.24, 2.45) is 0 Å². The molecule has 28 heavy (non-hydrogen) atoms. The Morgan fingerprint density at radius 3 is 2.43 bits per heavy atom. The van der Waals surface area contributed by atoms with Crippen LogP contribution in [-0.2, 0) is 4.79 Å². The van der Waals surface area contributed by atoms with E-state index in [1.165, 1.54) is 23.7 Å². The fourth-order valence-electron chi connectivity index (χ4n) is 3.19. The van der Waals surface area contributed by atoms with Crippen molar-refractivity contribution in [1.29, 1.82) is 0 Å². The lowest BCUT2D eigenvalue weighted by molar-refractivity contribution is -0.114. The molecule has 0 atom stereocenters. The van der Waals surface area contributed by atoms with Crippen molar-refractivity contribution in [2.45, 2.75) is 27.7 Å². The summed E-state index contributed by atoms with van der Waals surface area (Å²) in [4.78, 5) is 38.3. The molecule has 0 unspecified atom stereocenters. The fourth-order valence-corrected chi connectivity index (χ4v) is 3.19. The van der Waals surface area contributed by atoms with Crippen molar-refractivity contribution < 1.29 is 14.7 Å². The van der Waals surface area contributed by atoms with Gasteiger partial charge in [-0.05, 0) is 50.1 Å². The van der Waals surface area contributed by atoms with Gasteiger partial charge in [0.25, 0.3) is 0 Å². The topological polar surface area (TPSA) is 142 Å². The van der Waals surface area contributed by atoms with E-state index in [-0.39, 0.29) is 17.2 Å². The standard InChI is InChI=1S/C19H21N5O4/c1-8-9(2)16-17(10(3)15(8)20)24(19(28)22-16)23-14-6-5-12(21-11(4)25)7-13(14)18(26)27/h5-7,23H,20H2,1-4H3,(H,21,25)(H,22,28)(H,26,27). The minimum Gasteiger partial charge on any atom is -0.478 e. The number of carbonyl (C=O) groups is 2. The van der Waals surface area contributed by atoms with E-state index in [1.807, 2.05) is 13.8 Å². The van der Waals surface area contributed by atoms with Crippen LogP contribution >= 0.6 is 0 Å². The number of benzene rings is 2. The van der Waals surface area contributed by atoms with Crippen LogP contribution in [0.4, 0.5) is 17.1 Å². The number of amides is 1. The highest BCUT2D eigenvalue weighted by molar-refractivity contribution is 5.98. The lowest BCUT2D eigenvalue weighted by atomic mass is 10.0. The first-order valence-electron chi connectivity index (χ1n) is 8.53. The number of hydrogen-bond acceptors (Lipinski definition) is 5. The molecule has 0 spiro atoms. The molecular formula is C19H21N5O4. The third-order valence-corrected chi connectivity index (χ3v) is 4.80. The zero-order valence-electron chi connectivity index (χ0n) is 15.9. The predicted molar refractivity (Wildman–Crippen MR) is 108 cm³/mol. The minimum atomic E-state index is -1.20. The third-order valence-electron chi connectivity index (χ3n) is 4.80. The van der Waals surface area contributed by atoms with Gasteiger partial charge in [0.15, 0.2) is 0 Å². The monoisotopic (exact) mass is 383 g/mol. The molecule has 1 aromatic heterocycles. The second-order valence-corrected chi connectivity index (χ2v) is 6.64. The maximum Gasteiger partial charge on any atom is 0.345 e. The summed E-state index contributed by atoms with van der Waals surface area (Å²) in [6.45, 7) is 6.87. The molecule has 0 aliphatic rings. The van der Waals surface area contributed by atoms with Crippen molar-refractivity contribution in [2.75, 3.05) is 16.5 Å². The number of aromatic carboxylic acids is 1. The van der Waals surface area contributed by atoms with Crippen LogP contribution in [-0.4, -0.2) is 26.6 Å². The second kappa shape index (κ2) is 6.76. The number of aromatic nitrogens is 2. The number of anilines is 3. The molecule has 0 saturated carbocycles. The van der Waals surface area contributed by atoms with Gasteiger partial charge >= 0.3 is 11.7 Å². The van der Waals surface area contributed by atoms with E-state index < -0.39 is 11.7 Å². The Bertz CT molecular complexity index is 1190. The molecule has 0 saturated heterocycles. The first-order chi connectivity index (χ1) is 13.1. The number of carboxylic acid groups (broad SMARTS) is 1. The molecule has 0 bridgehead atoms. The number of nitrogen functional groups attached to an aromatic ring is 1. The molecule has 0 aliphatic heterocycles. The molecule has 1 heterocycles. The van der Waals surface area contributed by atoms with Crippen LogP contribution < -0.4 is 22.2 Å². The van der Waals surface area contributed by atoms with Gasteiger partial charge in [-0.1, -0.05) is 0 Å². The Morgan fingerprint density at radius 1 is 1.14 bits per heavy atom. The number of H-pyrrole nitrogens is 1. The Kier molecular flexibility index (Phi) is 4.60. The summed E-state index contributed by atoms with van der Waals surface area (Å²) < 4.78 is 1.24. The number of aromatic amines is 1. The zero-order valence-corrected chi connectivity index (χ0v) is 15.9. The average Bonchev–Trinajstić information content (AvgIpc) is 2.95. The third kappa shape index (κ3) is 3.07. The van der Waals surface area contributed by atoms with Gasteiger partial charge in [-0.25, -0.2) is 14.3 Å². The predicted octanol–water partition coefficient (Wildman–Crippen LogP) is 2.37. The molecule has 2 aromatic carbocycles. The van der Waals surface area contributed by atoms with E-state index in [4.69, 9.17) is 5.73 Å². The zero-order chi connectivity index (χ0) is 20.7. The van der Waals surface area contributed by atoms with Gasteiger partial charge in [0.05, 0.1) is 22.3 Å². The Balaban J connectivity index is 2.18. The molecule has 0 fully saturated rings. The smallest absolute Gasteiger partial charge is 0.345 e. The molecule has 9 heteroatoms. The number of fused-ring (bicyclic) bond motifs is 1. The van der Waals surface area contributed by atoms with Gasteiger partial charge in [-0.3, -0.25) is 10.2 Å². The summed E-state index contributed by atoms with van der Waals surface area (Å²) in [6.07, 6.45) is 0. The Labute approximate surface area is 160 Å². The molecule has 0 radical (unpaired) electrons. The Hall–Kier alpha value is -3.75. The number of aryl methyl sites for hydroxylation is 2. The molecule has 3 rings (SSSR count). The molecule has 3 aromatic rings. The quantitative estimate of drug-likeness (QED) is 0.438. The van der Waals surface area contributed by atoms with Gasteiger partial charge in [0.2, 0.25) is 5.91 Å². The van der Waals surface area contributed by atoms with E-state index in [9.17, 15) is 19.5 Å². The summed E-state index contributed by atoms with van der Waals surface area (Å²) in [7, 11) is 0. The Morgan fingerprint density at radius 2 is 1.82 bits per heavy atom.